The maximum atomic E-state index is 3.52. The molecule has 10 rings (SSSR count). The van der Waals surface area contributed by atoms with Crippen LogP contribution < -0.4 is 24.8 Å². The van der Waals surface area contributed by atoms with Crippen LogP contribution in [0.25, 0.3) is 66.8 Å². The molecule has 0 radical (unpaired) electrons. The summed E-state index contributed by atoms with van der Waals surface area (Å²) in [7, 11) is 0. The van der Waals surface area contributed by atoms with Crippen molar-refractivity contribution in [3.8, 4) is 66.8 Å². The largest absolute Gasteiger partial charge is 2.00 e. The summed E-state index contributed by atoms with van der Waals surface area (Å²) >= 11 is 0. The van der Waals surface area contributed by atoms with Gasteiger partial charge in [-0.2, -0.15) is 47.5 Å². The fourth-order valence-corrected chi connectivity index (χ4v) is 7.39. The average molecular weight is 888 g/mol. The van der Waals surface area contributed by atoms with E-state index in [1.54, 1.807) is 0 Å². The smallest absolute Gasteiger partial charge is 1.00 e. The molecule has 8 aromatic rings. The van der Waals surface area contributed by atoms with Gasteiger partial charge in [-0.25, -0.2) is 0 Å². The number of rotatable bonds is 4. The molecule has 0 fully saturated rings. The van der Waals surface area contributed by atoms with Crippen LogP contribution in [-0.2, 0) is 65.2 Å². The van der Waals surface area contributed by atoms with E-state index >= 15 is 0 Å². The topological polar surface area (TPSA) is 0 Å². The Morgan fingerprint density at radius 2 is 0.593 bits per heavy atom. The molecule has 0 atom stereocenters. The Morgan fingerprint density at radius 1 is 0.296 bits per heavy atom. The van der Waals surface area contributed by atoms with E-state index in [0.717, 1.165) is 12.8 Å². The predicted octanol–water partition coefficient (Wildman–Crippen LogP) is 6.79. The summed E-state index contributed by atoms with van der Waals surface area (Å²) in [6.07, 6.45) is 1.96. The first-order valence-electron chi connectivity index (χ1n) is 17.3. The van der Waals surface area contributed by atoms with Crippen LogP contribution in [0.2, 0.25) is 0 Å². The van der Waals surface area contributed by atoms with Gasteiger partial charge in [-0.05, 0) is 35.1 Å². The normalized spacial score (nSPS) is 11.0. The van der Waals surface area contributed by atoms with Crippen molar-refractivity contribution in [1.29, 1.82) is 0 Å². The second kappa shape index (κ2) is 18.6. The molecule has 0 aliphatic heterocycles. The Hall–Kier alpha value is -3.89. The van der Waals surface area contributed by atoms with Gasteiger partial charge >= 0.3 is 52.4 Å². The molecular formula is C50H34Cl2Zr2. The van der Waals surface area contributed by atoms with E-state index in [9.17, 15) is 0 Å². The second-order valence-corrected chi connectivity index (χ2v) is 13.1. The molecule has 0 saturated carbocycles. The molecule has 0 heterocycles. The molecule has 0 aromatic heterocycles. The Bertz CT molecular complexity index is 2110. The van der Waals surface area contributed by atoms with Crippen LogP contribution in [0, 0.1) is 12.1 Å². The first-order chi connectivity index (χ1) is 24.8. The Morgan fingerprint density at radius 3 is 0.926 bits per heavy atom. The van der Waals surface area contributed by atoms with Gasteiger partial charge in [-0.15, -0.1) is 22.3 Å². The summed E-state index contributed by atoms with van der Waals surface area (Å²) in [5, 5.41) is 0. The van der Waals surface area contributed by atoms with Crippen LogP contribution in [0.1, 0.15) is 22.3 Å². The molecule has 54 heavy (non-hydrogen) atoms. The summed E-state index contributed by atoms with van der Waals surface area (Å²) in [6.45, 7) is 0. The fourth-order valence-electron chi connectivity index (χ4n) is 7.39. The zero-order valence-corrected chi connectivity index (χ0v) is 35.9. The number of fused-ring (bicyclic) bond motifs is 6. The van der Waals surface area contributed by atoms with Gasteiger partial charge in [0.1, 0.15) is 0 Å². The summed E-state index contributed by atoms with van der Waals surface area (Å²) in [5.74, 6) is 0. The first kappa shape index (κ1) is 41.3. The minimum Gasteiger partial charge on any atom is -1.00 e. The van der Waals surface area contributed by atoms with Gasteiger partial charge in [0.2, 0.25) is 0 Å². The van der Waals surface area contributed by atoms with Gasteiger partial charge in [-0.3, -0.25) is 0 Å². The van der Waals surface area contributed by atoms with Crippen molar-refractivity contribution in [2.75, 3.05) is 0 Å². The maximum Gasteiger partial charge on any atom is 2.00 e. The Balaban J connectivity index is 0.000000193. The minimum absolute atomic E-state index is 0. The van der Waals surface area contributed by atoms with Crippen LogP contribution in [0.5, 0.6) is 0 Å². The van der Waals surface area contributed by atoms with E-state index in [2.05, 4.69) is 194 Å². The maximum absolute atomic E-state index is 3.52. The van der Waals surface area contributed by atoms with E-state index in [0.29, 0.717) is 0 Å². The van der Waals surface area contributed by atoms with Gasteiger partial charge in [0, 0.05) is 0 Å². The summed E-state index contributed by atoms with van der Waals surface area (Å²) in [5.41, 5.74) is 20.8. The third-order valence-electron chi connectivity index (χ3n) is 10.0. The summed E-state index contributed by atoms with van der Waals surface area (Å²) < 4.78 is 0. The van der Waals surface area contributed by atoms with Gasteiger partial charge < -0.3 is 24.8 Å². The molecule has 256 valence electrons. The quantitative estimate of drug-likeness (QED) is 0.171. The van der Waals surface area contributed by atoms with Gasteiger partial charge in [0.05, 0.1) is 0 Å². The molecule has 2 aliphatic carbocycles. The standard InChI is InChI=1S/2C25H17.2ClH.2Zr/c2*1-3-7-18(8-4-1)20-11-13-22-15-23-14-12-21(17-25(23)24(22)16-20)19-9-5-2-6-10-19;;;;/h2*1-13,16-17H,15H2;2*1H;;/q2*-1;;;2*+2/p-2. The van der Waals surface area contributed by atoms with Crippen molar-refractivity contribution in [2.45, 2.75) is 12.8 Å². The Kier molecular flexibility index (Phi) is 14.2. The molecule has 0 nitrogen and oxygen atoms in total. The van der Waals surface area contributed by atoms with Crippen molar-refractivity contribution in [2.24, 2.45) is 0 Å². The number of hydrogen-bond acceptors (Lipinski definition) is 0. The van der Waals surface area contributed by atoms with E-state index < -0.39 is 0 Å². The average Bonchev–Trinajstić information content (AvgIpc) is 3.76. The SMILES string of the molecule is [Cl-].[Cl-].[Zr+2].[Zr+2].[c-]1cc(-c2ccccc2)cc2c1Cc1ccc(-c3ccccc3)cc1-2.[c-]1cc(-c2ccccc2)cc2c1Cc1ccc(-c3ccccc3)cc1-2. The van der Waals surface area contributed by atoms with Gasteiger partial charge in [0.25, 0.3) is 0 Å². The molecular weight excluding hydrogens is 854 g/mol. The zero-order valence-electron chi connectivity index (χ0n) is 29.5. The molecule has 0 saturated heterocycles. The number of halogens is 2. The fraction of sp³-hybridized carbons (Fsp3) is 0.0400. The predicted molar refractivity (Wildman–Crippen MR) is 209 cm³/mol. The van der Waals surface area contributed by atoms with Crippen LogP contribution in [0.15, 0.2) is 182 Å². The third kappa shape index (κ3) is 8.49. The molecule has 0 amide bonds. The van der Waals surface area contributed by atoms with Gasteiger partial charge in [-0.1, -0.05) is 191 Å². The summed E-state index contributed by atoms with van der Waals surface area (Å²) in [6, 6.07) is 71.9. The molecule has 4 heteroatoms. The molecule has 0 unspecified atom stereocenters. The number of benzene rings is 8. The molecule has 0 N–H and O–H groups in total. The van der Waals surface area contributed by atoms with Crippen LogP contribution >= 0.6 is 0 Å². The van der Waals surface area contributed by atoms with E-state index in [4.69, 9.17) is 0 Å². The van der Waals surface area contributed by atoms with Crippen molar-refractivity contribution >= 4 is 0 Å². The van der Waals surface area contributed by atoms with E-state index in [-0.39, 0.29) is 77.2 Å². The van der Waals surface area contributed by atoms with E-state index in [1.807, 2.05) is 0 Å². The molecule has 8 aromatic carbocycles. The van der Waals surface area contributed by atoms with Crippen LogP contribution in [0.4, 0.5) is 0 Å². The Labute approximate surface area is 369 Å². The summed E-state index contributed by atoms with van der Waals surface area (Å²) in [4.78, 5) is 0. The van der Waals surface area contributed by atoms with Crippen LogP contribution in [0.3, 0.4) is 0 Å². The van der Waals surface area contributed by atoms with E-state index in [1.165, 1.54) is 89.0 Å². The second-order valence-electron chi connectivity index (χ2n) is 13.1. The minimum atomic E-state index is 0. The van der Waals surface area contributed by atoms with Crippen molar-refractivity contribution in [3.05, 3.63) is 216 Å². The zero-order chi connectivity index (χ0) is 33.3. The molecule has 0 spiro atoms. The first-order valence-corrected chi connectivity index (χ1v) is 17.3. The number of hydrogen-bond donors (Lipinski definition) is 0. The molecule has 2 aliphatic rings. The molecule has 0 bridgehead atoms. The van der Waals surface area contributed by atoms with Crippen molar-refractivity contribution in [1.82, 2.24) is 0 Å². The third-order valence-corrected chi connectivity index (χ3v) is 10.0. The van der Waals surface area contributed by atoms with Crippen molar-refractivity contribution in [3.63, 3.8) is 0 Å². The monoisotopic (exact) mass is 884 g/mol. The van der Waals surface area contributed by atoms with Crippen molar-refractivity contribution < 1.29 is 77.2 Å². The van der Waals surface area contributed by atoms with Gasteiger partial charge in [0.15, 0.2) is 0 Å². The van der Waals surface area contributed by atoms with Crippen LogP contribution in [-0.4, -0.2) is 0 Å².